The summed E-state index contributed by atoms with van der Waals surface area (Å²) < 4.78 is 22.0. The third-order valence-electron chi connectivity index (χ3n) is 10.4. The molecule has 3 aliphatic rings. The molecule has 3 aromatic heterocycles. The van der Waals surface area contributed by atoms with Crippen molar-refractivity contribution in [2.75, 3.05) is 51.3 Å². The lowest BCUT2D eigenvalue weighted by atomic mass is 9.96. The molecule has 1 saturated heterocycles. The summed E-state index contributed by atoms with van der Waals surface area (Å²) in [6.07, 6.45) is 5.27. The third kappa shape index (κ3) is 6.98. The maximum atomic E-state index is 14.4. The SMILES string of the molecule is CCc1nc(C)ccc1-c1cc(C(=O)N2CCN(c3nc(C)c(F)cc3OC)CC2)cc2cc(C3=CCCN(C(=O)CC(=O)O)C3)n(CC3CC3)c12. The fourth-order valence-electron chi connectivity index (χ4n) is 7.50. The maximum Gasteiger partial charge on any atom is 0.312 e. The van der Waals surface area contributed by atoms with Crippen LogP contribution in [0.3, 0.4) is 0 Å². The average molecular weight is 709 g/mol. The number of halogens is 1. The van der Waals surface area contributed by atoms with Crippen molar-refractivity contribution in [3.05, 3.63) is 76.6 Å². The van der Waals surface area contributed by atoms with Crippen molar-refractivity contribution in [3.63, 3.8) is 0 Å². The lowest BCUT2D eigenvalue weighted by Gasteiger charge is -2.36. The number of aliphatic carboxylic acids is 1. The Balaban J connectivity index is 1.28. The van der Waals surface area contributed by atoms with Gasteiger partial charge in [0.2, 0.25) is 5.91 Å². The summed E-state index contributed by atoms with van der Waals surface area (Å²) in [5.74, 6) is -0.547. The molecule has 52 heavy (non-hydrogen) atoms. The molecule has 272 valence electrons. The number of amides is 2. The van der Waals surface area contributed by atoms with Gasteiger partial charge in [-0.2, -0.15) is 0 Å². The fraction of sp³-hybridized carbons (Fsp3) is 0.425. The molecular weight excluding hydrogens is 663 g/mol. The molecule has 12 heteroatoms. The molecule has 5 heterocycles. The number of carboxylic acid groups (broad SMARTS) is 1. The van der Waals surface area contributed by atoms with Crippen LogP contribution in [0.1, 0.15) is 65.7 Å². The van der Waals surface area contributed by atoms with Gasteiger partial charge >= 0.3 is 5.97 Å². The van der Waals surface area contributed by atoms with Gasteiger partial charge in [-0.15, -0.1) is 0 Å². The highest BCUT2D eigenvalue weighted by molar-refractivity contribution is 6.05. The highest BCUT2D eigenvalue weighted by Gasteiger charge is 2.31. The predicted molar refractivity (Wildman–Crippen MR) is 197 cm³/mol. The number of nitrogens with zero attached hydrogens (tertiary/aromatic N) is 6. The van der Waals surface area contributed by atoms with Crippen LogP contribution in [0.4, 0.5) is 10.2 Å². The second-order valence-corrected chi connectivity index (χ2v) is 14.1. The van der Waals surface area contributed by atoms with Gasteiger partial charge < -0.3 is 29.1 Å². The van der Waals surface area contributed by atoms with Crippen molar-refractivity contribution in [3.8, 4) is 16.9 Å². The number of carbonyl (C=O) groups is 3. The molecule has 0 unspecified atom stereocenters. The van der Waals surface area contributed by atoms with Crippen LogP contribution in [0.15, 0.2) is 42.5 Å². The Morgan fingerprint density at radius 3 is 2.42 bits per heavy atom. The molecule has 0 atom stereocenters. The molecule has 1 N–H and O–H groups in total. The number of methoxy groups -OCH3 is 1. The molecule has 2 aliphatic heterocycles. The largest absolute Gasteiger partial charge is 0.493 e. The Morgan fingerprint density at radius 1 is 0.962 bits per heavy atom. The van der Waals surface area contributed by atoms with E-state index in [4.69, 9.17) is 9.72 Å². The van der Waals surface area contributed by atoms with Crippen molar-refractivity contribution >= 4 is 40.1 Å². The smallest absolute Gasteiger partial charge is 0.312 e. The van der Waals surface area contributed by atoms with Gasteiger partial charge in [0, 0.05) is 91.0 Å². The summed E-state index contributed by atoms with van der Waals surface area (Å²) in [6, 6.07) is 11.6. The summed E-state index contributed by atoms with van der Waals surface area (Å²) in [5, 5.41) is 10.2. The molecule has 11 nitrogen and oxygen atoms in total. The van der Waals surface area contributed by atoms with Gasteiger partial charge in [-0.1, -0.05) is 19.1 Å². The number of aromatic nitrogens is 3. The van der Waals surface area contributed by atoms with E-state index < -0.39 is 24.1 Å². The first-order valence-electron chi connectivity index (χ1n) is 18.1. The second-order valence-electron chi connectivity index (χ2n) is 14.1. The Hall–Kier alpha value is -5.26. The quantitative estimate of drug-likeness (QED) is 0.203. The van der Waals surface area contributed by atoms with Crippen LogP contribution in [0.2, 0.25) is 0 Å². The van der Waals surface area contributed by atoms with E-state index in [1.807, 2.05) is 34.9 Å². The normalized spacial score (nSPS) is 16.3. The van der Waals surface area contributed by atoms with Gasteiger partial charge in [0.05, 0.1) is 18.3 Å². The number of benzene rings is 1. The van der Waals surface area contributed by atoms with Crippen molar-refractivity contribution in [1.82, 2.24) is 24.3 Å². The zero-order valence-electron chi connectivity index (χ0n) is 30.2. The zero-order chi connectivity index (χ0) is 36.7. The van der Waals surface area contributed by atoms with E-state index in [2.05, 4.69) is 34.7 Å². The molecule has 2 fully saturated rings. The molecule has 0 bridgehead atoms. The van der Waals surface area contributed by atoms with Crippen molar-refractivity contribution in [2.45, 2.75) is 59.4 Å². The number of anilines is 1. The lowest BCUT2D eigenvalue weighted by molar-refractivity contribution is -0.144. The van der Waals surface area contributed by atoms with Gasteiger partial charge in [0.1, 0.15) is 12.2 Å². The lowest BCUT2D eigenvalue weighted by Crippen LogP contribution is -2.49. The van der Waals surface area contributed by atoms with E-state index in [-0.39, 0.29) is 5.91 Å². The van der Waals surface area contributed by atoms with E-state index in [1.54, 1.807) is 11.8 Å². The first kappa shape index (κ1) is 35.2. The van der Waals surface area contributed by atoms with Gasteiger partial charge in [0.15, 0.2) is 11.6 Å². The van der Waals surface area contributed by atoms with E-state index in [0.29, 0.717) is 74.4 Å². The number of carboxylic acids is 1. The summed E-state index contributed by atoms with van der Waals surface area (Å²) in [7, 11) is 1.50. The van der Waals surface area contributed by atoms with E-state index >= 15 is 0 Å². The summed E-state index contributed by atoms with van der Waals surface area (Å²) >= 11 is 0. The first-order valence-corrected chi connectivity index (χ1v) is 18.1. The number of ether oxygens (including phenoxy) is 1. The number of pyridine rings is 2. The Morgan fingerprint density at radius 2 is 1.73 bits per heavy atom. The molecule has 4 aromatic rings. The third-order valence-corrected chi connectivity index (χ3v) is 10.4. The number of hydrogen-bond acceptors (Lipinski definition) is 7. The minimum atomic E-state index is -1.13. The molecule has 1 aliphatic carbocycles. The first-order chi connectivity index (χ1) is 25.0. The highest BCUT2D eigenvalue weighted by atomic mass is 19.1. The van der Waals surface area contributed by atoms with Gasteiger partial charge in [-0.05, 0) is 75.3 Å². The number of rotatable bonds is 10. The van der Waals surface area contributed by atoms with Crippen LogP contribution in [0.5, 0.6) is 5.75 Å². The van der Waals surface area contributed by atoms with Crippen LogP contribution in [0, 0.1) is 25.6 Å². The molecule has 2 amide bonds. The minimum absolute atomic E-state index is 0.0741. The topological polar surface area (TPSA) is 121 Å². The second kappa shape index (κ2) is 14.4. The number of fused-ring (bicyclic) bond motifs is 1. The monoisotopic (exact) mass is 708 g/mol. The van der Waals surface area contributed by atoms with Crippen molar-refractivity contribution < 1.29 is 28.6 Å². The number of aryl methyl sites for hydroxylation is 3. The molecular formula is C40H45FN6O5. The molecule has 1 saturated carbocycles. The highest BCUT2D eigenvalue weighted by Crippen LogP contribution is 2.40. The molecule has 1 aromatic carbocycles. The molecule has 7 rings (SSSR count). The molecule has 0 spiro atoms. The summed E-state index contributed by atoms with van der Waals surface area (Å²) in [6.45, 7) is 9.28. The van der Waals surface area contributed by atoms with Crippen LogP contribution in [-0.4, -0.2) is 93.6 Å². The predicted octanol–water partition coefficient (Wildman–Crippen LogP) is 5.89. The minimum Gasteiger partial charge on any atom is -0.493 e. The van der Waals surface area contributed by atoms with Crippen molar-refractivity contribution in [2.24, 2.45) is 5.92 Å². The average Bonchev–Trinajstić information content (AvgIpc) is 3.90. The van der Waals surface area contributed by atoms with Gasteiger partial charge in [-0.3, -0.25) is 19.4 Å². The summed E-state index contributed by atoms with van der Waals surface area (Å²) in [5.41, 5.74) is 7.69. The Labute approximate surface area is 302 Å². The zero-order valence-corrected chi connectivity index (χ0v) is 30.2. The van der Waals surface area contributed by atoms with E-state index in [9.17, 15) is 23.9 Å². The number of hydrogen-bond donors (Lipinski definition) is 1. The van der Waals surface area contributed by atoms with Gasteiger partial charge in [0.25, 0.3) is 5.91 Å². The van der Waals surface area contributed by atoms with Crippen molar-refractivity contribution in [1.29, 1.82) is 0 Å². The summed E-state index contributed by atoms with van der Waals surface area (Å²) in [4.78, 5) is 53.5. The van der Waals surface area contributed by atoms with Crippen LogP contribution in [-0.2, 0) is 22.6 Å². The van der Waals surface area contributed by atoms with E-state index in [0.717, 1.165) is 70.5 Å². The standard InChI is InChI=1S/C40H45FN6O5/c1-5-33-30(11-8-24(2)42-33)31-18-29(40(51)45-15-13-44(14-16-45)39-35(52-4)20-32(41)25(3)43-39)17-28-19-34(47(38(28)31)22-26-9-10-26)27-7-6-12-46(23-27)36(48)21-37(49)50/h7-8,11,17-20,26H,5-6,9-10,12-16,21-23H2,1-4H3,(H,49,50). The number of carbonyl (C=O) groups excluding carboxylic acids is 2. The van der Waals surface area contributed by atoms with Crippen LogP contribution >= 0.6 is 0 Å². The van der Waals surface area contributed by atoms with Gasteiger partial charge in [-0.25, -0.2) is 9.37 Å². The number of piperazine rings is 1. The fourth-order valence-corrected chi connectivity index (χ4v) is 7.50. The van der Waals surface area contributed by atoms with E-state index in [1.165, 1.54) is 13.2 Å². The van der Waals surface area contributed by atoms with Crippen LogP contribution in [0.25, 0.3) is 27.6 Å². The maximum absolute atomic E-state index is 14.4. The molecule has 0 radical (unpaired) electrons. The Bertz CT molecular complexity index is 2100. The Kier molecular flexibility index (Phi) is 9.73. The van der Waals surface area contributed by atoms with Crippen LogP contribution < -0.4 is 9.64 Å².